The van der Waals surface area contributed by atoms with Crippen LogP contribution in [-0.2, 0) is 10.2 Å². The first-order valence-corrected chi connectivity index (χ1v) is 8.09. The van der Waals surface area contributed by atoms with Crippen LogP contribution in [0.2, 0.25) is 0 Å². The fraction of sp³-hybridized carbons (Fsp3) is 0.611. The molecule has 1 saturated heterocycles. The van der Waals surface area contributed by atoms with E-state index in [0.29, 0.717) is 0 Å². The molecular weight excluding hydrogens is 260 g/mol. The molecule has 21 heavy (non-hydrogen) atoms. The molecule has 3 nitrogen and oxygen atoms in total. The summed E-state index contributed by atoms with van der Waals surface area (Å²) in [5.74, 6) is 0.189. The molecule has 0 aromatic heterocycles. The number of carbonyl (C=O) groups excluding carboxylic acids is 1. The minimum absolute atomic E-state index is 0.140. The summed E-state index contributed by atoms with van der Waals surface area (Å²) in [6.45, 7) is 8.20. The summed E-state index contributed by atoms with van der Waals surface area (Å²) in [6, 6.07) is 10.3. The lowest BCUT2D eigenvalue weighted by Crippen LogP contribution is -2.55. The van der Waals surface area contributed by atoms with Gasteiger partial charge in [0.25, 0.3) is 0 Å². The molecule has 0 spiro atoms. The third-order valence-corrected chi connectivity index (χ3v) is 4.55. The van der Waals surface area contributed by atoms with Crippen molar-refractivity contribution in [1.29, 1.82) is 0 Å². The quantitative estimate of drug-likeness (QED) is 0.874. The maximum absolute atomic E-state index is 13.1. The molecule has 116 valence electrons. The third-order valence-electron chi connectivity index (χ3n) is 4.55. The number of hydrogen-bond donors (Lipinski definition) is 2. The van der Waals surface area contributed by atoms with Crippen molar-refractivity contribution in [2.75, 3.05) is 13.1 Å². The van der Waals surface area contributed by atoms with Gasteiger partial charge >= 0.3 is 0 Å². The Bertz CT molecular complexity index is 461. The van der Waals surface area contributed by atoms with Crippen molar-refractivity contribution in [2.24, 2.45) is 0 Å². The van der Waals surface area contributed by atoms with E-state index < -0.39 is 0 Å². The van der Waals surface area contributed by atoms with Gasteiger partial charge in [0.1, 0.15) is 0 Å². The van der Waals surface area contributed by atoms with Crippen molar-refractivity contribution < 1.29 is 4.79 Å². The minimum atomic E-state index is -0.377. The smallest absolute Gasteiger partial charge is 0.231 e. The maximum atomic E-state index is 13.1. The summed E-state index contributed by atoms with van der Waals surface area (Å²) in [7, 11) is 0. The van der Waals surface area contributed by atoms with Crippen molar-refractivity contribution in [1.82, 2.24) is 10.6 Å². The van der Waals surface area contributed by atoms with Crippen LogP contribution in [-0.4, -0.2) is 24.5 Å². The molecule has 3 heteroatoms. The van der Waals surface area contributed by atoms with Crippen LogP contribution >= 0.6 is 0 Å². The second kappa shape index (κ2) is 6.61. The van der Waals surface area contributed by atoms with Crippen LogP contribution in [0.3, 0.4) is 0 Å². The zero-order chi connectivity index (χ0) is 15.3. The van der Waals surface area contributed by atoms with E-state index in [1.54, 1.807) is 0 Å². The Hall–Kier alpha value is -1.35. The first kappa shape index (κ1) is 16.0. The van der Waals surface area contributed by atoms with E-state index in [2.05, 4.69) is 43.5 Å². The van der Waals surface area contributed by atoms with Gasteiger partial charge < -0.3 is 10.6 Å². The number of hydrogen-bond acceptors (Lipinski definition) is 2. The number of benzene rings is 1. The molecule has 2 N–H and O–H groups in total. The monoisotopic (exact) mass is 288 g/mol. The van der Waals surface area contributed by atoms with Gasteiger partial charge in [-0.15, -0.1) is 0 Å². The fourth-order valence-electron chi connectivity index (χ4n) is 3.37. The summed E-state index contributed by atoms with van der Waals surface area (Å²) in [5.41, 5.74) is 0.632. The number of nitrogens with one attached hydrogen (secondary N) is 2. The molecule has 0 aliphatic carbocycles. The molecule has 2 rings (SSSR count). The Morgan fingerprint density at radius 2 is 1.86 bits per heavy atom. The lowest BCUT2D eigenvalue weighted by Gasteiger charge is -2.39. The summed E-state index contributed by atoms with van der Waals surface area (Å²) >= 11 is 0. The molecule has 1 amide bonds. The van der Waals surface area contributed by atoms with Gasteiger partial charge in [0, 0.05) is 5.54 Å². The number of carbonyl (C=O) groups is 1. The molecule has 1 heterocycles. The van der Waals surface area contributed by atoms with Crippen molar-refractivity contribution >= 4 is 5.91 Å². The molecule has 0 atom stereocenters. The lowest BCUT2D eigenvalue weighted by molar-refractivity contribution is -0.129. The predicted molar refractivity (Wildman–Crippen MR) is 87.4 cm³/mol. The second-order valence-corrected chi connectivity index (χ2v) is 6.79. The summed E-state index contributed by atoms with van der Waals surface area (Å²) in [6.07, 6.45) is 3.81. The van der Waals surface area contributed by atoms with Crippen LogP contribution in [0.1, 0.15) is 52.0 Å². The third kappa shape index (κ3) is 3.65. The molecule has 0 saturated carbocycles. The Morgan fingerprint density at radius 1 is 1.24 bits per heavy atom. The largest absolute Gasteiger partial charge is 0.350 e. The van der Waals surface area contributed by atoms with Crippen LogP contribution in [0, 0.1) is 0 Å². The SMILES string of the molecule is CCCC(C)(C)NC(=O)C1(c2ccccc2)CCNCC1. The van der Waals surface area contributed by atoms with E-state index in [9.17, 15) is 4.79 Å². The van der Waals surface area contributed by atoms with Gasteiger partial charge in [0.05, 0.1) is 5.41 Å². The predicted octanol–water partition coefficient (Wildman–Crippen LogP) is 3.00. The van der Waals surface area contributed by atoms with Crippen molar-refractivity contribution in [2.45, 2.75) is 57.4 Å². The van der Waals surface area contributed by atoms with Crippen molar-refractivity contribution in [3.05, 3.63) is 35.9 Å². The summed E-state index contributed by atoms with van der Waals surface area (Å²) < 4.78 is 0. The Kier molecular flexibility index (Phi) is 5.04. The van der Waals surface area contributed by atoms with Gasteiger partial charge in [0.15, 0.2) is 0 Å². The van der Waals surface area contributed by atoms with Crippen molar-refractivity contribution in [3.8, 4) is 0 Å². The summed E-state index contributed by atoms with van der Waals surface area (Å²) in [4.78, 5) is 13.1. The van der Waals surface area contributed by atoms with E-state index in [0.717, 1.165) is 44.3 Å². The molecule has 0 radical (unpaired) electrons. The molecule has 1 fully saturated rings. The molecule has 1 aromatic rings. The molecule has 0 unspecified atom stereocenters. The van der Waals surface area contributed by atoms with Gasteiger partial charge in [-0.1, -0.05) is 43.7 Å². The van der Waals surface area contributed by atoms with Gasteiger partial charge in [-0.25, -0.2) is 0 Å². The van der Waals surface area contributed by atoms with Gasteiger partial charge in [-0.2, -0.15) is 0 Å². The molecular formula is C18H28N2O. The Labute approximate surface area is 128 Å². The highest BCUT2D eigenvalue weighted by molar-refractivity contribution is 5.89. The van der Waals surface area contributed by atoms with Crippen LogP contribution in [0.25, 0.3) is 0 Å². The summed E-state index contributed by atoms with van der Waals surface area (Å²) in [5, 5.41) is 6.67. The average Bonchev–Trinajstić information content (AvgIpc) is 2.48. The second-order valence-electron chi connectivity index (χ2n) is 6.79. The highest BCUT2D eigenvalue weighted by Crippen LogP contribution is 2.34. The first-order valence-electron chi connectivity index (χ1n) is 8.09. The van der Waals surface area contributed by atoms with Crippen molar-refractivity contribution in [3.63, 3.8) is 0 Å². The minimum Gasteiger partial charge on any atom is -0.350 e. The maximum Gasteiger partial charge on any atom is 0.231 e. The van der Waals surface area contributed by atoms with E-state index in [-0.39, 0.29) is 16.9 Å². The molecule has 1 aromatic carbocycles. The van der Waals surface area contributed by atoms with Gasteiger partial charge in [-0.05, 0) is 51.8 Å². The van der Waals surface area contributed by atoms with Crippen LogP contribution in [0.4, 0.5) is 0 Å². The normalized spacial score (nSPS) is 18.2. The van der Waals surface area contributed by atoms with Gasteiger partial charge in [0.2, 0.25) is 5.91 Å². The van der Waals surface area contributed by atoms with E-state index in [4.69, 9.17) is 0 Å². The highest BCUT2D eigenvalue weighted by atomic mass is 16.2. The van der Waals surface area contributed by atoms with Crippen LogP contribution in [0.15, 0.2) is 30.3 Å². The fourth-order valence-corrected chi connectivity index (χ4v) is 3.37. The number of piperidine rings is 1. The zero-order valence-corrected chi connectivity index (χ0v) is 13.5. The van der Waals surface area contributed by atoms with Crippen LogP contribution < -0.4 is 10.6 Å². The number of rotatable bonds is 5. The lowest BCUT2D eigenvalue weighted by atomic mass is 9.72. The topological polar surface area (TPSA) is 41.1 Å². The zero-order valence-electron chi connectivity index (χ0n) is 13.5. The molecule has 0 bridgehead atoms. The first-order chi connectivity index (χ1) is 10.0. The van der Waals surface area contributed by atoms with E-state index >= 15 is 0 Å². The highest BCUT2D eigenvalue weighted by Gasteiger charge is 2.42. The van der Waals surface area contributed by atoms with E-state index in [1.165, 1.54) is 0 Å². The standard InChI is InChI=1S/C18H28N2O/c1-4-10-17(2,3)20-16(21)18(11-13-19-14-12-18)15-8-6-5-7-9-15/h5-9,19H,4,10-14H2,1-3H3,(H,20,21). The average molecular weight is 288 g/mol. The number of amides is 1. The van der Waals surface area contributed by atoms with E-state index in [1.807, 2.05) is 18.2 Å². The molecule has 1 aliphatic heterocycles. The van der Waals surface area contributed by atoms with Gasteiger partial charge in [-0.3, -0.25) is 4.79 Å². The molecule has 1 aliphatic rings. The van der Waals surface area contributed by atoms with Crippen LogP contribution in [0.5, 0.6) is 0 Å². The Morgan fingerprint density at radius 3 is 2.43 bits per heavy atom. The Balaban J connectivity index is 2.26.